The molecule has 1 heterocycles. The van der Waals surface area contributed by atoms with Crippen LogP contribution in [0.5, 0.6) is 0 Å². The van der Waals surface area contributed by atoms with Crippen LogP contribution in [0.15, 0.2) is 24.5 Å². The third-order valence-electron chi connectivity index (χ3n) is 2.10. The molecule has 0 N–H and O–H groups in total. The molecule has 1 saturated heterocycles. The van der Waals surface area contributed by atoms with Crippen LogP contribution in [0.1, 0.15) is 20.3 Å². The molecule has 0 aromatic carbocycles. The molecule has 1 unspecified atom stereocenters. The molecule has 1 aliphatic heterocycles. The summed E-state index contributed by atoms with van der Waals surface area (Å²) in [4.78, 5) is 22.4. The van der Waals surface area contributed by atoms with Crippen LogP contribution in [0, 0.1) is 11.8 Å². The summed E-state index contributed by atoms with van der Waals surface area (Å²) in [6.07, 6.45) is 3.55. The number of cyclic esters (lactones) is 1. The lowest BCUT2D eigenvalue weighted by atomic mass is 10.1. The SMILES string of the molecule is C=C1CC(COC(=O)C=CC(C)C)C(=O)O1. The van der Waals surface area contributed by atoms with E-state index in [1.165, 1.54) is 6.08 Å². The number of hydrogen-bond donors (Lipinski definition) is 0. The van der Waals surface area contributed by atoms with Gasteiger partial charge in [0.1, 0.15) is 12.4 Å². The lowest BCUT2D eigenvalue weighted by Gasteiger charge is -2.04. The first kappa shape index (κ1) is 12.5. The Morgan fingerprint density at radius 2 is 2.38 bits per heavy atom. The summed E-state index contributed by atoms with van der Waals surface area (Å²) in [6, 6.07) is 0. The van der Waals surface area contributed by atoms with E-state index in [2.05, 4.69) is 6.58 Å². The smallest absolute Gasteiger partial charge is 0.330 e. The van der Waals surface area contributed by atoms with Crippen LogP contribution in [0.3, 0.4) is 0 Å². The average Bonchev–Trinajstić information content (AvgIpc) is 2.51. The van der Waals surface area contributed by atoms with E-state index in [9.17, 15) is 9.59 Å². The largest absolute Gasteiger partial charge is 0.462 e. The second-order valence-electron chi connectivity index (χ2n) is 4.09. The molecule has 1 aliphatic rings. The van der Waals surface area contributed by atoms with E-state index < -0.39 is 11.9 Å². The molecule has 1 rings (SSSR count). The zero-order valence-electron chi connectivity index (χ0n) is 9.56. The maximum atomic E-state index is 11.2. The Morgan fingerprint density at radius 1 is 1.69 bits per heavy atom. The van der Waals surface area contributed by atoms with E-state index in [1.807, 2.05) is 13.8 Å². The van der Waals surface area contributed by atoms with Crippen molar-refractivity contribution in [2.45, 2.75) is 20.3 Å². The molecule has 0 amide bonds. The Morgan fingerprint density at radius 3 is 2.88 bits per heavy atom. The van der Waals surface area contributed by atoms with E-state index in [4.69, 9.17) is 9.47 Å². The van der Waals surface area contributed by atoms with Crippen molar-refractivity contribution in [3.63, 3.8) is 0 Å². The van der Waals surface area contributed by atoms with Gasteiger partial charge in [-0.15, -0.1) is 0 Å². The van der Waals surface area contributed by atoms with Gasteiger partial charge in [0.25, 0.3) is 0 Å². The van der Waals surface area contributed by atoms with Gasteiger partial charge < -0.3 is 9.47 Å². The highest BCUT2D eigenvalue weighted by Gasteiger charge is 2.30. The molecule has 4 nitrogen and oxygen atoms in total. The fourth-order valence-electron chi connectivity index (χ4n) is 1.25. The Bertz CT molecular complexity index is 328. The third kappa shape index (κ3) is 3.88. The van der Waals surface area contributed by atoms with Crippen LogP contribution in [-0.2, 0) is 19.1 Å². The minimum Gasteiger partial charge on any atom is -0.462 e. The number of rotatable bonds is 4. The zero-order valence-corrected chi connectivity index (χ0v) is 9.56. The maximum absolute atomic E-state index is 11.2. The first-order valence-corrected chi connectivity index (χ1v) is 5.23. The number of allylic oxidation sites excluding steroid dienone is 2. The zero-order chi connectivity index (χ0) is 12.1. The number of esters is 2. The van der Waals surface area contributed by atoms with Crippen LogP contribution in [-0.4, -0.2) is 18.5 Å². The van der Waals surface area contributed by atoms with Crippen molar-refractivity contribution >= 4 is 11.9 Å². The lowest BCUT2D eigenvalue weighted by molar-refractivity contribution is -0.145. The number of carbonyl (C=O) groups is 2. The van der Waals surface area contributed by atoms with Crippen LogP contribution in [0.25, 0.3) is 0 Å². The van der Waals surface area contributed by atoms with Gasteiger partial charge in [-0.05, 0) is 5.92 Å². The van der Waals surface area contributed by atoms with Gasteiger partial charge in [0.15, 0.2) is 0 Å². The van der Waals surface area contributed by atoms with Crippen molar-refractivity contribution in [1.82, 2.24) is 0 Å². The summed E-state index contributed by atoms with van der Waals surface area (Å²) in [5.74, 6) is -0.471. The van der Waals surface area contributed by atoms with Gasteiger partial charge >= 0.3 is 11.9 Å². The number of carbonyl (C=O) groups excluding carboxylic acids is 2. The number of hydrogen-bond acceptors (Lipinski definition) is 4. The molecule has 0 radical (unpaired) electrons. The van der Waals surface area contributed by atoms with Crippen LogP contribution < -0.4 is 0 Å². The Labute approximate surface area is 94.9 Å². The topological polar surface area (TPSA) is 52.6 Å². The van der Waals surface area contributed by atoms with E-state index in [0.717, 1.165) is 0 Å². The monoisotopic (exact) mass is 224 g/mol. The Hall–Kier alpha value is -1.58. The van der Waals surface area contributed by atoms with Gasteiger partial charge in [0.05, 0.1) is 5.92 Å². The summed E-state index contributed by atoms with van der Waals surface area (Å²) in [5.41, 5.74) is 0. The molecule has 1 atom stereocenters. The maximum Gasteiger partial charge on any atom is 0.330 e. The van der Waals surface area contributed by atoms with Crippen molar-refractivity contribution < 1.29 is 19.1 Å². The average molecular weight is 224 g/mol. The summed E-state index contributed by atoms with van der Waals surface area (Å²) in [5, 5.41) is 0. The minimum atomic E-state index is -0.431. The molecular weight excluding hydrogens is 208 g/mol. The highest BCUT2D eigenvalue weighted by Crippen LogP contribution is 2.22. The van der Waals surface area contributed by atoms with Crippen molar-refractivity contribution in [3.8, 4) is 0 Å². The summed E-state index contributed by atoms with van der Waals surface area (Å²) < 4.78 is 9.69. The summed E-state index contributed by atoms with van der Waals surface area (Å²) in [7, 11) is 0. The first-order chi connectivity index (χ1) is 7.49. The highest BCUT2D eigenvalue weighted by molar-refractivity contribution is 5.82. The molecule has 4 heteroatoms. The van der Waals surface area contributed by atoms with Crippen molar-refractivity contribution in [2.75, 3.05) is 6.61 Å². The van der Waals surface area contributed by atoms with Gasteiger partial charge in [0, 0.05) is 12.5 Å². The Balaban J connectivity index is 2.32. The predicted octanol–water partition coefficient (Wildman–Crippen LogP) is 1.82. The highest BCUT2D eigenvalue weighted by atomic mass is 16.6. The minimum absolute atomic E-state index is 0.0547. The van der Waals surface area contributed by atoms with Gasteiger partial charge in [0.2, 0.25) is 0 Å². The van der Waals surface area contributed by atoms with Gasteiger partial charge in [-0.1, -0.05) is 26.5 Å². The standard InChI is InChI=1S/C12H16O4/c1-8(2)4-5-11(13)15-7-10-6-9(3)16-12(10)14/h4-5,8,10H,3,6-7H2,1-2H3. The van der Waals surface area contributed by atoms with E-state index in [-0.39, 0.29) is 12.6 Å². The fraction of sp³-hybridized carbons (Fsp3) is 0.500. The van der Waals surface area contributed by atoms with E-state index >= 15 is 0 Å². The summed E-state index contributed by atoms with van der Waals surface area (Å²) in [6.45, 7) is 7.52. The van der Waals surface area contributed by atoms with Gasteiger partial charge in [-0.2, -0.15) is 0 Å². The molecule has 16 heavy (non-hydrogen) atoms. The first-order valence-electron chi connectivity index (χ1n) is 5.23. The van der Waals surface area contributed by atoms with Crippen molar-refractivity contribution in [2.24, 2.45) is 11.8 Å². The predicted molar refractivity (Wildman–Crippen MR) is 58.3 cm³/mol. The Kier molecular flexibility index (Phi) is 4.28. The molecule has 0 aliphatic carbocycles. The molecule has 1 fully saturated rings. The molecule has 0 aromatic rings. The van der Waals surface area contributed by atoms with E-state index in [1.54, 1.807) is 6.08 Å². The van der Waals surface area contributed by atoms with E-state index in [0.29, 0.717) is 18.1 Å². The van der Waals surface area contributed by atoms with Crippen molar-refractivity contribution in [3.05, 3.63) is 24.5 Å². The summed E-state index contributed by atoms with van der Waals surface area (Å²) >= 11 is 0. The molecule has 0 spiro atoms. The fourth-order valence-corrected chi connectivity index (χ4v) is 1.25. The van der Waals surface area contributed by atoms with Crippen LogP contribution >= 0.6 is 0 Å². The van der Waals surface area contributed by atoms with Crippen molar-refractivity contribution in [1.29, 1.82) is 0 Å². The van der Waals surface area contributed by atoms with Crippen LogP contribution in [0.2, 0.25) is 0 Å². The second-order valence-corrected chi connectivity index (χ2v) is 4.09. The molecular formula is C12H16O4. The molecule has 0 aromatic heterocycles. The number of ether oxygens (including phenoxy) is 2. The molecule has 88 valence electrons. The van der Waals surface area contributed by atoms with Gasteiger partial charge in [-0.3, -0.25) is 4.79 Å². The molecule has 0 saturated carbocycles. The van der Waals surface area contributed by atoms with Crippen LogP contribution in [0.4, 0.5) is 0 Å². The quantitative estimate of drug-likeness (QED) is 0.540. The normalized spacial score (nSPS) is 20.6. The third-order valence-corrected chi connectivity index (χ3v) is 2.10. The van der Waals surface area contributed by atoms with Gasteiger partial charge in [-0.25, -0.2) is 4.79 Å². The second kappa shape index (κ2) is 5.49. The molecule has 0 bridgehead atoms. The lowest BCUT2D eigenvalue weighted by Crippen LogP contribution is -2.17.